The smallest absolute Gasteiger partial charge is 0.193 e. The highest BCUT2D eigenvalue weighted by atomic mass is 32.1. The zero-order chi connectivity index (χ0) is 15.2. The minimum atomic E-state index is -0.960. The van der Waals surface area contributed by atoms with Crippen molar-refractivity contribution in [1.82, 2.24) is 0 Å². The molecule has 2 unspecified atom stereocenters. The molecular formula is C17H18O3S. The fraction of sp³-hybridized carbons (Fsp3) is 0.235. The van der Waals surface area contributed by atoms with Crippen LogP contribution in [0.25, 0.3) is 0 Å². The third-order valence-corrected chi connectivity index (χ3v) is 3.60. The van der Waals surface area contributed by atoms with Crippen molar-refractivity contribution in [2.45, 2.75) is 18.6 Å². The van der Waals surface area contributed by atoms with Gasteiger partial charge in [0.15, 0.2) is 5.78 Å². The summed E-state index contributed by atoms with van der Waals surface area (Å²) >= 11 is 4.03. The molecule has 0 heterocycles. The van der Waals surface area contributed by atoms with Crippen LogP contribution < -0.4 is 0 Å². The maximum atomic E-state index is 12.2. The first-order chi connectivity index (χ1) is 10.1. The Morgan fingerprint density at radius 3 is 2.10 bits per heavy atom. The quantitative estimate of drug-likeness (QED) is 0.568. The maximum Gasteiger partial charge on any atom is 0.193 e. The molecule has 0 aliphatic carbocycles. The zero-order valence-electron chi connectivity index (χ0n) is 11.5. The zero-order valence-corrected chi connectivity index (χ0v) is 12.4. The van der Waals surface area contributed by atoms with Gasteiger partial charge in [-0.1, -0.05) is 54.6 Å². The SMILES string of the molecule is O=C(c1ccccc1)c1ccc(C(O)C(O)CCS)cc1. The highest BCUT2D eigenvalue weighted by Gasteiger charge is 2.18. The van der Waals surface area contributed by atoms with Crippen LogP contribution >= 0.6 is 12.6 Å². The van der Waals surface area contributed by atoms with E-state index < -0.39 is 12.2 Å². The Hall–Kier alpha value is -1.62. The molecule has 0 amide bonds. The summed E-state index contributed by atoms with van der Waals surface area (Å²) < 4.78 is 0. The summed E-state index contributed by atoms with van der Waals surface area (Å²) in [7, 11) is 0. The van der Waals surface area contributed by atoms with Gasteiger partial charge in [0.05, 0.1) is 6.10 Å². The van der Waals surface area contributed by atoms with E-state index in [1.54, 1.807) is 36.4 Å². The van der Waals surface area contributed by atoms with Gasteiger partial charge in [-0.15, -0.1) is 0 Å². The van der Waals surface area contributed by atoms with Gasteiger partial charge in [0.25, 0.3) is 0 Å². The number of rotatable bonds is 6. The second-order valence-electron chi connectivity index (χ2n) is 4.84. The molecule has 2 N–H and O–H groups in total. The minimum Gasteiger partial charge on any atom is -0.390 e. The molecule has 0 saturated carbocycles. The number of hydrogen-bond acceptors (Lipinski definition) is 4. The van der Waals surface area contributed by atoms with E-state index in [0.717, 1.165) is 0 Å². The van der Waals surface area contributed by atoms with Crippen LogP contribution in [0.1, 0.15) is 34.0 Å². The summed E-state index contributed by atoms with van der Waals surface area (Å²) in [4.78, 5) is 12.2. The molecule has 0 fully saturated rings. The van der Waals surface area contributed by atoms with Crippen LogP contribution in [0.4, 0.5) is 0 Å². The van der Waals surface area contributed by atoms with Gasteiger partial charge in [-0.2, -0.15) is 12.6 Å². The largest absolute Gasteiger partial charge is 0.390 e. The number of hydrogen-bond donors (Lipinski definition) is 3. The second-order valence-corrected chi connectivity index (χ2v) is 5.29. The van der Waals surface area contributed by atoms with Crippen molar-refractivity contribution in [3.63, 3.8) is 0 Å². The third-order valence-electron chi connectivity index (χ3n) is 3.34. The molecule has 2 atom stereocenters. The summed E-state index contributed by atoms with van der Waals surface area (Å²) in [5, 5.41) is 19.8. The van der Waals surface area contributed by atoms with E-state index in [2.05, 4.69) is 12.6 Å². The van der Waals surface area contributed by atoms with Crippen LogP contribution in [-0.2, 0) is 0 Å². The Bertz CT molecular complexity index is 581. The Labute approximate surface area is 129 Å². The lowest BCUT2D eigenvalue weighted by Crippen LogP contribution is -2.18. The van der Waals surface area contributed by atoms with Crippen molar-refractivity contribution in [1.29, 1.82) is 0 Å². The molecule has 0 radical (unpaired) electrons. The van der Waals surface area contributed by atoms with Gasteiger partial charge < -0.3 is 10.2 Å². The first-order valence-electron chi connectivity index (χ1n) is 6.80. The molecule has 0 aliphatic rings. The summed E-state index contributed by atoms with van der Waals surface area (Å²) in [5.41, 5.74) is 1.77. The van der Waals surface area contributed by atoms with Crippen molar-refractivity contribution >= 4 is 18.4 Å². The molecule has 4 heteroatoms. The van der Waals surface area contributed by atoms with E-state index in [9.17, 15) is 15.0 Å². The summed E-state index contributed by atoms with van der Waals surface area (Å²) in [6.07, 6.45) is -1.40. The van der Waals surface area contributed by atoms with Gasteiger partial charge in [0.2, 0.25) is 0 Å². The predicted octanol–water partition coefficient (Wildman–Crippen LogP) is 2.63. The second kappa shape index (κ2) is 7.41. The number of ketones is 1. The Morgan fingerprint density at radius 1 is 0.952 bits per heavy atom. The van der Waals surface area contributed by atoms with Crippen LogP contribution in [0.2, 0.25) is 0 Å². The number of carbonyl (C=O) groups is 1. The van der Waals surface area contributed by atoms with Crippen LogP contribution in [0.15, 0.2) is 54.6 Å². The number of aliphatic hydroxyl groups excluding tert-OH is 2. The number of aliphatic hydroxyl groups is 2. The molecule has 0 aromatic heterocycles. The summed E-state index contributed by atoms with van der Waals surface area (Å²) in [5.74, 6) is 0.440. The van der Waals surface area contributed by atoms with Crippen LogP contribution in [-0.4, -0.2) is 27.9 Å². The third kappa shape index (κ3) is 3.94. The van der Waals surface area contributed by atoms with Gasteiger partial charge in [-0.05, 0) is 17.7 Å². The van der Waals surface area contributed by atoms with Crippen LogP contribution in [0.5, 0.6) is 0 Å². The lowest BCUT2D eigenvalue weighted by molar-refractivity contribution is 0.0172. The summed E-state index contributed by atoms with van der Waals surface area (Å²) in [6, 6.07) is 15.7. The molecule has 3 nitrogen and oxygen atoms in total. The van der Waals surface area contributed by atoms with Crippen LogP contribution in [0, 0.1) is 0 Å². The van der Waals surface area contributed by atoms with Gasteiger partial charge in [-0.25, -0.2) is 0 Å². The van der Waals surface area contributed by atoms with Gasteiger partial charge in [0, 0.05) is 11.1 Å². The molecule has 0 spiro atoms. The Balaban J connectivity index is 2.14. The van der Waals surface area contributed by atoms with E-state index >= 15 is 0 Å². The predicted molar refractivity (Wildman–Crippen MR) is 85.8 cm³/mol. The lowest BCUT2D eigenvalue weighted by atomic mass is 9.98. The van der Waals surface area contributed by atoms with E-state index in [1.807, 2.05) is 18.2 Å². The van der Waals surface area contributed by atoms with E-state index in [0.29, 0.717) is 28.9 Å². The summed E-state index contributed by atoms with van der Waals surface area (Å²) in [6.45, 7) is 0. The van der Waals surface area contributed by atoms with Gasteiger partial charge in [-0.3, -0.25) is 4.79 Å². The molecule has 0 saturated heterocycles. The monoisotopic (exact) mass is 302 g/mol. The highest BCUT2D eigenvalue weighted by molar-refractivity contribution is 7.80. The molecule has 21 heavy (non-hydrogen) atoms. The van der Waals surface area contributed by atoms with E-state index in [-0.39, 0.29) is 5.78 Å². The molecular weight excluding hydrogens is 284 g/mol. The molecule has 2 aromatic carbocycles. The average Bonchev–Trinajstić information content (AvgIpc) is 2.54. The van der Waals surface area contributed by atoms with E-state index in [4.69, 9.17) is 0 Å². The topological polar surface area (TPSA) is 57.5 Å². The van der Waals surface area contributed by atoms with Crippen LogP contribution in [0.3, 0.4) is 0 Å². The van der Waals surface area contributed by atoms with Crippen molar-refractivity contribution in [3.05, 3.63) is 71.3 Å². The fourth-order valence-electron chi connectivity index (χ4n) is 2.10. The standard InChI is InChI=1S/C17H18O3S/c18-15(10-11-21)17(20)14-8-6-13(7-9-14)16(19)12-4-2-1-3-5-12/h1-9,15,17-18,20-21H,10-11H2. The first-order valence-corrected chi connectivity index (χ1v) is 7.43. The number of carbonyl (C=O) groups excluding carboxylic acids is 1. The minimum absolute atomic E-state index is 0.0625. The molecule has 0 bridgehead atoms. The molecule has 0 aliphatic heterocycles. The van der Waals surface area contributed by atoms with Crippen molar-refractivity contribution in [2.24, 2.45) is 0 Å². The molecule has 110 valence electrons. The Morgan fingerprint density at radius 2 is 1.52 bits per heavy atom. The molecule has 2 aromatic rings. The highest BCUT2D eigenvalue weighted by Crippen LogP contribution is 2.20. The lowest BCUT2D eigenvalue weighted by Gasteiger charge is -2.17. The average molecular weight is 302 g/mol. The number of thiol groups is 1. The first kappa shape index (κ1) is 15.8. The van der Waals surface area contributed by atoms with Gasteiger partial charge in [0.1, 0.15) is 6.10 Å². The fourth-order valence-corrected chi connectivity index (χ4v) is 2.36. The maximum absolute atomic E-state index is 12.2. The van der Waals surface area contributed by atoms with Crippen molar-refractivity contribution in [3.8, 4) is 0 Å². The molecule has 2 rings (SSSR count). The van der Waals surface area contributed by atoms with Crippen molar-refractivity contribution in [2.75, 3.05) is 5.75 Å². The normalized spacial score (nSPS) is 13.7. The number of benzene rings is 2. The van der Waals surface area contributed by atoms with E-state index in [1.165, 1.54) is 0 Å². The van der Waals surface area contributed by atoms with Gasteiger partial charge >= 0.3 is 0 Å². The van der Waals surface area contributed by atoms with Crippen molar-refractivity contribution < 1.29 is 15.0 Å². The Kier molecular flexibility index (Phi) is 5.56.